The summed E-state index contributed by atoms with van der Waals surface area (Å²) in [6, 6.07) is 0. The molecule has 14 heavy (non-hydrogen) atoms. The first-order valence-electron chi connectivity index (χ1n) is 4.96. The van der Waals surface area contributed by atoms with Gasteiger partial charge in [0.1, 0.15) is 0 Å². The van der Waals surface area contributed by atoms with Gasteiger partial charge in [-0.1, -0.05) is 5.92 Å². The van der Waals surface area contributed by atoms with E-state index in [-0.39, 0.29) is 0 Å². The standard InChI is InChI=1S/C14H17/c1-7-8-14-12(5)10(3)9(2)11(4)13(14)6/h8H2,2-6H3. The van der Waals surface area contributed by atoms with Crippen LogP contribution < -0.4 is 0 Å². The van der Waals surface area contributed by atoms with Crippen LogP contribution in [-0.4, -0.2) is 0 Å². The van der Waals surface area contributed by atoms with Crippen LogP contribution in [0.1, 0.15) is 33.4 Å². The second-order valence-corrected chi connectivity index (χ2v) is 3.96. The van der Waals surface area contributed by atoms with E-state index in [0.717, 1.165) is 0 Å². The second kappa shape index (κ2) is 3.88. The molecule has 0 heterocycles. The third-order valence-corrected chi connectivity index (χ3v) is 3.42. The van der Waals surface area contributed by atoms with Gasteiger partial charge < -0.3 is 0 Å². The summed E-state index contributed by atoms with van der Waals surface area (Å²) in [6.45, 7) is 10.8. The summed E-state index contributed by atoms with van der Waals surface area (Å²) in [4.78, 5) is 0. The van der Waals surface area contributed by atoms with Crippen molar-refractivity contribution in [2.75, 3.05) is 0 Å². The highest BCUT2D eigenvalue weighted by Gasteiger charge is 2.10. The van der Waals surface area contributed by atoms with E-state index < -0.39 is 0 Å². The first-order chi connectivity index (χ1) is 6.50. The molecule has 1 aromatic carbocycles. The van der Waals surface area contributed by atoms with E-state index in [2.05, 4.69) is 40.5 Å². The van der Waals surface area contributed by atoms with Crippen molar-refractivity contribution < 1.29 is 0 Å². The predicted molar refractivity (Wildman–Crippen MR) is 61.0 cm³/mol. The molecule has 0 saturated carbocycles. The Hall–Kier alpha value is -1.22. The zero-order valence-electron chi connectivity index (χ0n) is 9.71. The Kier molecular flexibility index (Phi) is 3.01. The van der Waals surface area contributed by atoms with Gasteiger partial charge in [0.2, 0.25) is 0 Å². The van der Waals surface area contributed by atoms with Crippen LogP contribution in [0.4, 0.5) is 0 Å². The van der Waals surface area contributed by atoms with Gasteiger partial charge in [0, 0.05) is 6.42 Å². The van der Waals surface area contributed by atoms with Gasteiger partial charge in [-0.25, -0.2) is 0 Å². The van der Waals surface area contributed by atoms with Gasteiger partial charge in [-0.3, -0.25) is 0 Å². The molecule has 1 rings (SSSR count). The average Bonchev–Trinajstić information content (AvgIpc) is 2.19. The normalized spacial score (nSPS) is 10.0. The van der Waals surface area contributed by atoms with Gasteiger partial charge in [-0.2, -0.15) is 0 Å². The molecule has 0 fully saturated rings. The number of benzene rings is 1. The van der Waals surface area contributed by atoms with Crippen LogP contribution in [0, 0.1) is 47.0 Å². The van der Waals surface area contributed by atoms with Gasteiger partial charge in [0.15, 0.2) is 0 Å². The topological polar surface area (TPSA) is 0 Å². The van der Waals surface area contributed by atoms with Crippen LogP contribution in [0.15, 0.2) is 0 Å². The van der Waals surface area contributed by atoms with Crippen LogP contribution in [0.3, 0.4) is 0 Å². The molecule has 73 valence electrons. The van der Waals surface area contributed by atoms with E-state index in [9.17, 15) is 0 Å². The molecule has 0 bridgehead atoms. The summed E-state index contributed by atoms with van der Waals surface area (Å²) in [6.07, 6.45) is 7.72. The Morgan fingerprint density at radius 2 is 1.14 bits per heavy atom. The molecule has 0 aliphatic rings. The van der Waals surface area contributed by atoms with Crippen molar-refractivity contribution in [3.8, 4) is 5.92 Å². The maximum Gasteiger partial charge on any atom is 0.0356 e. The van der Waals surface area contributed by atoms with Crippen molar-refractivity contribution in [2.45, 2.75) is 41.0 Å². The monoisotopic (exact) mass is 185 g/mol. The highest BCUT2D eigenvalue weighted by Crippen LogP contribution is 2.25. The van der Waals surface area contributed by atoms with Crippen molar-refractivity contribution in [3.05, 3.63) is 39.8 Å². The maximum atomic E-state index is 7.08. The molecule has 0 aromatic heterocycles. The number of hydrogen-bond donors (Lipinski definition) is 0. The lowest BCUT2D eigenvalue weighted by molar-refractivity contribution is 1.10. The largest absolute Gasteiger partial charge is 0.0843 e. The number of hydrogen-bond acceptors (Lipinski definition) is 0. The fourth-order valence-electron chi connectivity index (χ4n) is 1.93. The van der Waals surface area contributed by atoms with Crippen molar-refractivity contribution >= 4 is 0 Å². The average molecular weight is 185 g/mol. The molecule has 0 aliphatic carbocycles. The van der Waals surface area contributed by atoms with Gasteiger partial charge >= 0.3 is 0 Å². The summed E-state index contributed by atoms with van der Waals surface area (Å²) in [7, 11) is 0. The zero-order chi connectivity index (χ0) is 10.9. The molecule has 1 radical (unpaired) electrons. The van der Waals surface area contributed by atoms with Crippen molar-refractivity contribution in [1.82, 2.24) is 0 Å². The lowest BCUT2D eigenvalue weighted by Gasteiger charge is -2.17. The summed E-state index contributed by atoms with van der Waals surface area (Å²) >= 11 is 0. The van der Waals surface area contributed by atoms with Gasteiger partial charge in [-0.15, -0.1) is 0 Å². The zero-order valence-corrected chi connectivity index (χ0v) is 9.71. The van der Waals surface area contributed by atoms with E-state index in [4.69, 9.17) is 6.42 Å². The summed E-state index contributed by atoms with van der Waals surface area (Å²) in [5.74, 6) is 2.49. The van der Waals surface area contributed by atoms with Crippen LogP contribution in [0.5, 0.6) is 0 Å². The predicted octanol–water partition coefficient (Wildman–Crippen LogP) is 3.36. The molecule has 0 amide bonds. The fourth-order valence-corrected chi connectivity index (χ4v) is 1.93. The SMILES string of the molecule is [C]#CCc1c(C)c(C)c(C)c(C)c1C. The van der Waals surface area contributed by atoms with Crippen LogP contribution >= 0.6 is 0 Å². The minimum absolute atomic E-state index is 0.639. The van der Waals surface area contributed by atoms with Crippen LogP contribution in [-0.2, 0) is 6.42 Å². The Balaban J connectivity index is 3.53. The van der Waals surface area contributed by atoms with Crippen molar-refractivity contribution in [1.29, 1.82) is 0 Å². The molecule has 0 atom stereocenters. The van der Waals surface area contributed by atoms with Crippen LogP contribution in [0.2, 0.25) is 0 Å². The quantitative estimate of drug-likeness (QED) is 0.588. The smallest absolute Gasteiger partial charge is 0.0356 e. The number of rotatable bonds is 1. The fraction of sp³-hybridized carbons (Fsp3) is 0.429. The molecule has 0 unspecified atom stereocenters. The Morgan fingerprint density at radius 1 is 0.786 bits per heavy atom. The highest BCUT2D eigenvalue weighted by atomic mass is 14.1. The Labute approximate surface area is 87.4 Å². The summed E-state index contributed by atoms with van der Waals surface area (Å²) < 4.78 is 0. The molecule has 0 heteroatoms. The second-order valence-electron chi connectivity index (χ2n) is 3.96. The van der Waals surface area contributed by atoms with Crippen molar-refractivity contribution in [2.24, 2.45) is 0 Å². The van der Waals surface area contributed by atoms with E-state index in [1.54, 1.807) is 0 Å². The first kappa shape index (κ1) is 10.9. The van der Waals surface area contributed by atoms with E-state index in [1.807, 2.05) is 0 Å². The lowest BCUT2D eigenvalue weighted by Crippen LogP contribution is -2.01. The highest BCUT2D eigenvalue weighted by molar-refractivity contribution is 5.50. The molecule has 0 spiro atoms. The Morgan fingerprint density at radius 3 is 1.50 bits per heavy atom. The molecule has 0 aliphatic heterocycles. The van der Waals surface area contributed by atoms with Gasteiger partial charge in [-0.05, 0) is 74.4 Å². The van der Waals surface area contributed by atoms with Crippen molar-refractivity contribution in [3.63, 3.8) is 0 Å². The van der Waals surface area contributed by atoms with Crippen LogP contribution in [0.25, 0.3) is 0 Å². The lowest BCUT2D eigenvalue weighted by atomic mass is 9.88. The summed E-state index contributed by atoms with van der Waals surface area (Å²) in [5.41, 5.74) is 8.03. The molecule has 0 nitrogen and oxygen atoms in total. The third-order valence-electron chi connectivity index (χ3n) is 3.42. The molecule has 0 N–H and O–H groups in total. The molecule has 0 saturated heterocycles. The summed E-state index contributed by atoms with van der Waals surface area (Å²) in [5, 5.41) is 0. The molecular formula is C14H17. The van der Waals surface area contributed by atoms with Gasteiger partial charge in [0.05, 0.1) is 0 Å². The van der Waals surface area contributed by atoms with Gasteiger partial charge in [0.25, 0.3) is 0 Å². The first-order valence-corrected chi connectivity index (χ1v) is 4.96. The molecular weight excluding hydrogens is 168 g/mol. The maximum absolute atomic E-state index is 7.08. The Bertz CT molecular complexity index is 374. The van der Waals surface area contributed by atoms with E-state index in [0.29, 0.717) is 6.42 Å². The van der Waals surface area contributed by atoms with E-state index >= 15 is 0 Å². The third kappa shape index (κ3) is 1.55. The minimum Gasteiger partial charge on any atom is -0.0843 e. The van der Waals surface area contributed by atoms with E-state index in [1.165, 1.54) is 33.4 Å². The molecule has 1 aromatic rings. The minimum atomic E-state index is 0.639.